The van der Waals surface area contributed by atoms with Gasteiger partial charge in [-0.15, -0.1) is 0 Å². The fourth-order valence-corrected chi connectivity index (χ4v) is 3.75. The van der Waals surface area contributed by atoms with Crippen LogP contribution in [0.15, 0.2) is 46.9 Å². The second-order valence-electron chi connectivity index (χ2n) is 7.37. The molecule has 0 aliphatic carbocycles. The Kier molecular flexibility index (Phi) is 7.10. The fourth-order valence-electron chi connectivity index (χ4n) is 3.49. The van der Waals surface area contributed by atoms with Crippen LogP contribution in [0.4, 0.5) is 5.69 Å². The first-order valence-electron chi connectivity index (χ1n) is 9.81. The predicted octanol–water partition coefficient (Wildman–Crippen LogP) is 2.93. The van der Waals surface area contributed by atoms with Gasteiger partial charge in [-0.3, -0.25) is 25.2 Å². The molecule has 1 fully saturated rings. The summed E-state index contributed by atoms with van der Waals surface area (Å²) in [7, 11) is 0. The molecule has 2 aromatic carbocycles. The number of anilines is 1. The van der Waals surface area contributed by atoms with E-state index in [1.807, 2.05) is 32.0 Å². The Morgan fingerprint density at radius 3 is 2.50 bits per heavy atom. The molecule has 3 N–H and O–H groups in total. The van der Waals surface area contributed by atoms with E-state index < -0.39 is 11.9 Å². The first kappa shape index (κ1) is 21.8. The van der Waals surface area contributed by atoms with E-state index in [1.165, 1.54) is 0 Å². The van der Waals surface area contributed by atoms with Gasteiger partial charge in [0.1, 0.15) is 6.04 Å². The van der Waals surface area contributed by atoms with Crippen LogP contribution in [0.25, 0.3) is 0 Å². The fraction of sp³-hybridized carbons (Fsp3) is 0.318. The van der Waals surface area contributed by atoms with Crippen molar-refractivity contribution in [1.82, 2.24) is 15.8 Å². The molecule has 1 atom stereocenters. The lowest BCUT2D eigenvalue weighted by Crippen LogP contribution is -2.52. The molecule has 0 saturated carbocycles. The van der Waals surface area contributed by atoms with Crippen LogP contribution in [0.1, 0.15) is 34.3 Å². The van der Waals surface area contributed by atoms with E-state index in [1.54, 1.807) is 29.2 Å². The van der Waals surface area contributed by atoms with Gasteiger partial charge in [-0.1, -0.05) is 33.6 Å². The summed E-state index contributed by atoms with van der Waals surface area (Å²) in [5, 5.41) is 3.05. The van der Waals surface area contributed by atoms with Gasteiger partial charge in [0.05, 0.1) is 6.54 Å². The van der Waals surface area contributed by atoms with Crippen LogP contribution in [-0.4, -0.2) is 41.8 Å². The molecule has 0 bridgehead atoms. The van der Waals surface area contributed by atoms with E-state index in [0.29, 0.717) is 18.5 Å². The van der Waals surface area contributed by atoms with Crippen LogP contribution in [0, 0.1) is 13.8 Å². The van der Waals surface area contributed by atoms with E-state index in [2.05, 4.69) is 32.1 Å². The molecule has 0 aromatic heterocycles. The summed E-state index contributed by atoms with van der Waals surface area (Å²) in [4.78, 5) is 39.0. The maximum absolute atomic E-state index is 12.8. The van der Waals surface area contributed by atoms with Gasteiger partial charge in [0.2, 0.25) is 0 Å². The molecule has 2 aromatic rings. The highest BCUT2D eigenvalue weighted by atomic mass is 79.9. The van der Waals surface area contributed by atoms with Crippen molar-refractivity contribution >= 4 is 39.3 Å². The molecule has 1 heterocycles. The van der Waals surface area contributed by atoms with Gasteiger partial charge in [0.25, 0.3) is 17.7 Å². The monoisotopic (exact) mass is 472 g/mol. The molecule has 3 rings (SSSR count). The molecule has 1 aliphatic heterocycles. The van der Waals surface area contributed by atoms with E-state index in [-0.39, 0.29) is 18.4 Å². The molecule has 158 valence electrons. The van der Waals surface area contributed by atoms with Crippen LogP contribution in [-0.2, 0) is 9.59 Å². The van der Waals surface area contributed by atoms with Gasteiger partial charge in [-0.05, 0) is 62.6 Å². The average Bonchev–Trinajstić information content (AvgIpc) is 3.21. The average molecular weight is 473 g/mol. The van der Waals surface area contributed by atoms with E-state index in [0.717, 1.165) is 27.7 Å². The Labute approximate surface area is 184 Å². The number of hydrazine groups is 1. The summed E-state index contributed by atoms with van der Waals surface area (Å²) >= 11 is 3.35. The molecule has 1 saturated heterocycles. The molecule has 0 radical (unpaired) electrons. The highest BCUT2D eigenvalue weighted by Gasteiger charge is 2.34. The van der Waals surface area contributed by atoms with Crippen molar-refractivity contribution in [2.45, 2.75) is 32.7 Å². The van der Waals surface area contributed by atoms with Crippen molar-refractivity contribution in [3.05, 3.63) is 63.6 Å². The second kappa shape index (κ2) is 9.75. The van der Waals surface area contributed by atoms with Crippen molar-refractivity contribution in [1.29, 1.82) is 0 Å². The highest BCUT2D eigenvalue weighted by Crippen LogP contribution is 2.21. The Hall–Kier alpha value is -2.87. The summed E-state index contributed by atoms with van der Waals surface area (Å²) in [6.07, 6.45) is 1.30. The van der Waals surface area contributed by atoms with Gasteiger partial charge >= 0.3 is 0 Å². The zero-order valence-electron chi connectivity index (χ0n) is 17.0. The van der Waals surface area contributed by atoms with Crippen LogP contribution in [0.5, 0.6) is 0 Å². The number of rotatable bonds is 5. The van der Waals surface area contributed by atoms with E-state index in [4.69, 9.17) is 0 Å². The third-order valence-electron chi connectivity index (χ3n) is 5.05. The molecule has 3 amide bonds. The molecular formula is C22H25BrN4O3. The lowest BCUT2D eigenvalue weighted by Gasteiger charge is -2.24. The minimum atomic E-state index is -0.603. The second-order valence-corrected chi connectivity index (χ2v) is 8.29. The largest absolute Gasteiger partial charge is 0.376 e. The summed E-state index contributed by atoms with van der Waals surface area (Å²) in [5.74, 6) is -0.951. The number of nitrogens with one attached hydrogen (secondary N) is 3. The van der Waals surface area contributed by atoms with Crippen molar-refractivity contribution in [2.24, 2.45) is 0 Å². The molecule has 30 heavy (non-hydrogen) atoms. The number of likely N-dealkylation sites (tertiary alicyclic amines) is 1. The third kappa shape index (κ3) is 5.38. The maximum Gasteiger partial charge on any atom is 0.261 e. The third-order valence-corrected chi connectivity index (χ3v) is 5.58. The number of halogens is 1. The van der Waals surface area contributed by atoms with Gasteiger partial charge < -0.3 is 10.2 Å². The Morgan fingerprint density at radius 1 is 1.07 bits per heavy atom. The molecule has 7 nitrogen and oxygen atoms in total. The number of carbonyl (C=O) groups is 3. The number of carbonyl (C=O) groups excluding carboxylic acids is 3. The van der Waals surface area contributed by atoms with Crippen LogP contribution in [0.2, 0.25) is 0 Å². The zero-order valence-corrected chi connectivity index (χ0v) is 18.6. The van der Waals surface area contributed by atoms with Gasteiger partial charge in [-0.25, -0.2) is 0 Å². The molecule has 1 unspecified atom stereocenters. The maximum atomic E-state index is 12.8. The quantitative estimate of drug-likeness (QED) is 0.583. The minimum Gasteiger partial charge on any atom is -0.376 e. The Morgan fingerprint density at radius 2 is 1.80 bits per heavy atom. The lowest BCUT2D eigenvalue weighted by molar-refractivity contribution is -0.130. The van der Waals surface area contributed by atoms with E-state index in [9.17, 15) is 14.4 Å². The molecule has 1 aliphatic rings. The van der Waals surface area contributed by atoms with Crippen molar-refractivity contribution in [3.63, 3.8) is 0 Å². The zero-order chi connectivity index (χ0) is 21.7. The van der Waals surface area contributed by atoms with Gasteiger partial charge in [-0.2, -0.15) is 0 Å². The van der Waals surface area contributed by atoms with Crippen LogP contribution < -0.4 is 16.2 Å². The number of hydrogen-bond acceptors (Lipinski definition) is 4. The van der Waals surface area contributed by atoms with Crippen molar-refractivity contribution in [3.8, 4) is 0 Å². The Bertz CT molecular complexity index is 946. The Balaban J connectivity index is 1.51. The van der Waals surface area contributed by atoms with Crippen molar-refractivity contribution in [2.75, 3.05) is 18.4 Å². The predicted molar refractivity (Wildman–Crippen MR) is 119 cm³/mol. The number of benzene rings is 2. The number of nitrogens with zero attached hydrogens (tertiary/aromatic N) is 1. The first-order chi connectivity index (χ1) is 14.3. The summed E-state index contributed by atoms with van der Waals surface area (Å²) in [6, 6.07) is 12.3. The topological polar surface area (TPSA) is 90.5 Å². The molecule has 8 heteroatoms. The minimum absolute atomic E-state index is 0.0242. The number of hydrogen-bond donors (Lipinski definition) is 3. The summed E-state index contributed by atoms with van der Waals surface area (Å²) in [6.45, 7) is 4.50. The number of amides is 3. The SMILES string of the molecule is Cc1ccc(NCC(=O)NNC(=O)C2CCCN2C(=O)c2ccc(Br)cc2)c(C)c1. The number of aryl methyl sites for hydroxylation is 2. The lowest BCUT2D eigenvalue weighted by atomic mass is 10.1. The standard InChI is InChI=1S/C22H25BrN4O3/c1-14-5-10-18(15(2)12-14)24-13-20(28)25-26-21(29)19-4-3-11-27(19)22(30)16-6-8-17(23)9-7-16/h5-10,12,19,24H,3-4,11,13H2,1-2H3,(H,25,28)(H,26,29). The van der Waals surface area contributed by atoms with Crippen LogP contribution in [0.3, 0.4) is 0 Å². The van der Waals surface area contributed by atoms with Gasteiger partial charge in [0.15, 0.2) is 0 Å². The van der Waals surface area contributed by atoms with Crippen LogP contribution >= 0.6 is 15.9 Å². The highest BCUT2D eigenvalue weighted by molar-refractivity contribution is 9.10. The molecule has 0 spiro atoms. The van der Waals surface area contributed by atoms with E-state index >= 15 is 0 Å². The summed E-state index contributed by atoms with van der Waals surface area (Å²) in [5.41, 5.74) is 8.45. The molecular weight excluding hydrogens is 448 g/mol. The van der Waals surface area contributed by atoms with Crippen molar-refractivity contribution < 1.29 is 14.4 Å². The normalized spacial score (nSPS) is 15.6. The first-order valence-corrected chi connectivity index (χ1v) is 10.6. The van der Waals surface area contributed by atoms with Gasteiger partial charge in [0, 0.05) is 22.3 Å². The smallest absolute Gasteiger partial charge is 0.261 e. The summed E-state index contributed by atoms with van der Waals surface area (Å²) < 4.78 is 0.881.